The van der Waals surface area contributed by atoms with E-state index in [1.807, 2.05) is 61.5 Å². The number of hydrogen-bond acceptors (Lipinski definition) is 2. The lowest BCUT2D eigenvalue weighted by atomic mass is 9.98. The predicted molar refractivity (Wildman–Crippen MR) is 96.4 cm³/mol. The minimum atomic E-state index is -0.137. The molecule has 0 spiro atoms. The Morgan fingerprint density at radius 3 is 2.29 bits per heavy atom. The Labute approximate surface area is 141 Å². The first-order valence-corrected chi connectivity index (χ1v) is 7.70. The number of nitrogens with one attached hydrogen (secondary N) is 1. The molecule has 3 aromatic rings. The highest BCUT2D eigenvalue weighted by atomic mass is 16.1. The zero-order valence-electron chi connectivity index (χ0n) is 13.3. The van der Waals surface area contributed by atoms with Gasteiger partial charge in [-0.15, -0.1) is 0 Å². The number of aldehydes is 1. The van der Waals surface area contributed by atoms with Gasteiger partial charge in [0, 0.05) is 16.8 Å². The van der Waals surface area contributed by atoms with Crippen LogP contribution in [0.15, 0.2) is 72.8 Å². The van der Waals surface area contributed by atoms with Gasteiger partial charge >= 0.3 is 0 Å². The van der Waals surface area contributed by atoms with E-state index in [1.165, 1.54) is 0 Å². The van der Waals surface area contributed by atoms with Gasteiger partial charge in [0.1, 0.15) is 6.29 Å². The molecular formula is C21H17NO2. The van der Waals surface area contributed by atoms with Crippen LogP contribution in [0, 0.1) is 6.92 Å². The van der Waals surface area contributed by atoms with Crippen LogP contribution in [0.5, 0.6) is 0 Å². The Kier molecular flexibility index (Phi) is 4.52. The smallest absolute Gasteiger partial charge is 0.255 e. The molecule has 3 nitrogen and oxygen atoms in total. The number of carbonyl (C=O) groups excluding carboxylic acids is 2. The van der Waals surface area contributed by atoms with Crippen LogP contribution in [0.3, 0.4) is 0 Å². The fourth-order valence-corrected chi connectivity index (χ4v) is 2.55. The summed E-state index contributed by atoms with van der Waals surface area (Å²) >= 11 is 0. The Hall–Kier alpha value is -3.20. The topological polar surface area (TPSA) is 46.2 Å². The van der Waals surface area contributed by atoms with Crippen molar-refractivity contribution in [1.29, 1.82) is 0 Å². The normalized spacial score (nSPS) is 10.2. The lowest BCUT2D eigenvalue weighted by molar-refractivity contribution is 0.102. The minimum Gasteiger partial charge on any atom is -0.322 e. The molecule has 1 N–H and O–H groups in total. The van der Waals surface area contributed by atoms with Crippen molar-refractivity contribution in [3.8, 4) is 11.1 Å². The third-order valence-electron chi connectivity index (χ3n) is 3.89. The van der Waals surface area contributed by atoms with Crippen LogP contribution in [0.2, 0.25) is 0 Å². The van der Waals surface area contributed by atoms with Gasteiger partial charge in [-0.25, -0.2) is 0 Å². The summed E-state index contributed by atoms with van der Waals surface area (Å²) in [4.78, 5) is 23.1. The number of benzene rings is 3. The molecule has 0 aromatic heterocycles. The van der Waals surface area contributed by atoms with Crippen LogP contribution in [0.4, 0.5) is 5.69 Å². The molecule has 3 rings (SSSR count). The maximum Gasteiger partial charge on any atom is 0.255 e. The van der Waals surface area contributed by atoms with Crippen molar-refractivity contribution >= 4 is 17.9 Å². The van der Waals surface area contributed by atoms with Crippen molar-refractivity contribution in [3.63, 3.8) is 0 Å². The standard InChI is InChI=1S/C21H17NO2/c1-15-7-8-16(14-23)13-20(15)17-9-11-19(12-10-17)22-21(24)18-5-3-2-4-6-18/h2-14H,1H3,(H,22,24). The lowest BCUT2D eigenvalue weighted by Crippen LogP contribution is -2.11. The first-order valence-electron chi connectivity index (χ1n) is 7.70. The second-order valence-electron chi connectivity index (χ2n) is 5.59. The summed E-state index contributed by atoms with van der Waals surface area (Å²) in [5.74, 6) is -0.137. The summed E-state index contributed by atoms with van der Waals surface area (Å²) in [6.45, 7) is 2.01. The molecule has 0 saturated heterocycles. The van der Waals surface area contributed by atoms with E-state index in [4.69, 9.17) is 0 Å². The van der Waals surface area contributed by atoms with Gasteiger partial charge in [0.05, 0.1) is 0 Å². The van der Waals surface area contributed by atoms with Crippen molar-refractivity contribution in [3.05, 3.63) is 89.5 Å². The molecule has 0 aliphatic rings. The lowest BCUT2D eigenvalue weighted by Gasteiger charge is -2.09. The molecule has 24 heavy (non-hydrogen) atoms. The maximum atomic E-state index is 12.2. The van der Waals surface area contributed by atoms with Crippen molar-refractivity contribution in [2.75, 3.05) is 5.32 Å². The van der Waals surface area contributed by atoms with Gasteiger partial charge in [-0.05, 0) is 53.9 Å². The molecule has 0 heterocycles. The largest absolute Gasteiger partial charge is 0.322 e. The molecule has 0 aliphatic carbocycles. The summed E-state index contributed by atoms with van der Waals surface area (Å²) in [5, 5.41) is 2.88. The third-order valence-corrected chi connectivity index (χ3v) is 3.89. The molecule has 118 valence electrons. The summed E-state index contributed by atoms with van der Waals surface area (Å²) < 4.78 is 0. The van der Waals surface area contributed by atoms with E-state index >= 15 is 0 Å². The highest BCUT2D eigenvalue weighted by Crippen LogP contribution is 2.25. The summed E-state index contributed by atoms with van der Waals surface area (Å²) in [5.41, 5.74) is 5.13. The molecule has 0 unspecified atom stereocenters. The fraction of sp³-hybridized carbons (Fsp3) is 0.0476. The first kappa shape index (κ1) is 15.7. The number of amides is 1. The van der Waals surface area contributed by atoms with Gasteiger partial charge in [-0.3, -0.25) is 9.59 Å². The van der Waals surface area contributed by atoms with Gasteiger partial charge in [-0.2, -0.15) is 0 Å². The van der Waals surface area contributed by atoms with E-state index < -0.39 is 0 Å². The Bertz CT molecular complexity index is 868. The van der Waals surface area contributed by atoms with E-state index in [2.05, 4.69) is 5.32 Å². The van der Waals surface area contributed by atoms with Crippen LogP contribution >= 0.6 is 0 Å². The number of anilines is 1. The highest BCUT2D eigenvalue weighted by Gasteiger charge is 2.07. The van der Waals surface area contributed by atoms with Gasteiger partial charge in [-0.1, -0.05) is 42.5 Å². The van der Waals surface area contributed by atoms with Crippen LogP contribution in [0.25, 0.3) is 11.1 Å². The zero-order valence-corrected chi connectivity index (χ0v) is 13.3. The molecule has 3 heteroatoms. The van der Waals surface area contributed by atoms with Gasteiger partial charge < -0.3 is 5.32 Å². The Morgan fingerprint density at radius 1 is 0.917 bits per heavy atom. The van der Waals surface area contributed by atoms with Crippen LogP contribution in [0.1, 0.15) is 26.3 Å². The van der Waals surface area contributed by atoms with E-state index in [0.29, 0.717) is 11.1 Å². The second-order valence-corrected chi connectivity index (χ2v) is 5.59. The molecule has 0 aliphatic heterocycles. The molecule has 0 atom stereocenters. The van der Waals surface area contributed by atoms with Gasteiger partial charge in [0.2, 0.25) is 0 Å². The highest BCUT2D eigenvalue weighted by molar-refractivity contribution is 6.04. The summed E-state index contributed by atoms with van der Waals surface area (Å²) in [7, 11) is 0. The average Bonchev–Trinajstić information content (AvgIpc) is 2.63. The predicted octanol–water partition coefficient (Wildman–Crippen LogP) is 4.73. The fourth-order valence-electron chi connectivity index (χ4n) is 2.55. The first-order chi connectivity index (χ1) is 11.7. The van der Waals surface area contributed by atoms with E-state index in [-0.39, 0.29) is 5.91 Å². The molecule has 0 fully saturated rings. The number of hydrogen-bond donors (Lipinski definition) is 1. The maximum absolute atomic E-state index is 12.2. The van der Waals surface area contributed by atoms with E-state index in [0.717, 1.165) is 28.7 Å². The number of rotatable bonds is 4. The molecule has 3 aromatic carbocycles. The van der Waals surface area contributed by atoms with Crippen molar-refractivity contribution in [1.82, 2.24) is 0 Å². The SMILES string of the molecule is Cc1ccc(C=O)cc1-c1ccc(NC(=O)c2ccccc2)cc1. The molecule has 0 saturated carbocycles. The zero-order chi connectivity index (χ0) is 16.9. The van der Waals surface area contributed by atoms with Crippen molar-refractivity contribution in [2.45, 2.75) is 6.92 Å². The van der Waals surface area contributed by atoms with E-state index in [9.17, 15) is 9.59 Å². The van der Waals surface area contributed by atoms with E-state index in [1.54, 1.807) is 18.2 Å². The minimum absolute atomic E-state index is 0.137. The quantitative estimate of drug-likeness (QED) is 0.708. The molecule has 0 radical (unpaired) electrons. The van der Waals surface area contributed by atoms with Gasteiger partial charge in [0.25, 0.3) is 5.91 Å². The molecular weight excluding hydrogens is 298 g/mol. The number of carbonyl (C=O) groups is 2. The average molecular weight is 315 g/mol. The third kappa shape index (κ3) is 3.41. The number of aryl methyl sites for hydroxylation is 1. The van der Waals surface area contributed by atoms with Gasteiger partial charge in [0.15, 0.2) is 0 Å². The molecule has 1 amide bonds. The Balaban J connectivity index is 1.81. The van der Waals surface area contributed by atoms with Crippen molar-refractivity contribution in [2.24, 2.45) is 0 Å². The molecule has 0 bridgehead atoms. The van der Waals surface area contributed by atoms with Crippen molar-refractivity contribution < 1.29 is 9.59 Å². The monoisotopic (exact) mass is 315 g/mol. The summed E-state index contributed by atoms with van der Waals surface area (Å²) in [6, 6.07) is 22.3. The van der Waals surface area contributed by atoms with Crippen LogP contribution < -0.4 is 5.32 Å². The van der Waals surface area contributed by atoms with Crippen LogP contribution in [-0.4, -0.2) is 12.2 Å². The summed E-state index contributed by atoms with van der Waals surface area (Å²) in [6.07, 6.45) is 0.845. The van der Waals surface area contributed by atoms with Crippen LogP contribution in [-0.2, 0) is 0 Å². The second kappa shape index (κ2) is 6.92. The Morgan fingerprint density at radius 2 is 1.62 bits per heavy atom.